The Bertz CT molecular complexity index is 655. The average Bonchev–Trinajstić information content (AvgIpc) is 2.79. The molecule has 0 radical (unpaired) electrons. The summed E-state index contributed by atoms with van der Waals surface area (Å²) >= 11 is 20.7. The van der Waals surface area contributed by atoms with Gasteiger partial charge in [0.1, 0.15) is 0 Å². The predicted molar refractivity (Wildman–Crippen MR) is 100.0 cm³/mol. The third-order valence-corrected chi connectivity index (χ3v) is 4.78. The Hall–Kier alpha value is -0.820. The van der Waals surface area contributed by atoms with Crippen LogP contribution in [-0.2, 0) is 6.54 Å². The summed E-state index contributed by atoms with van der Waals surface area (Å²) in [4.78, 5) is 0. The van der Waals surface area contributed by atoms with Crippen LogP contribution in [-0.4, -0.2) is 21.4 Å². The van der Waals surface area contributed by atoms with E-state index in [1.165, 1.54) is 0 Å². The molecule has 1 heterocycles. The third-order valence-electron chi connectivity index (χ3n) is 2.94. The largest absolute Gasteiger partial charge is 0.362 e. The van der Waals surface area contributed by atoms with Gasteiger partial charge in [-0.25, -0.2) is 0 Å². The molecule has 0 saturated heterocycles. The molecule has 0 amide bonds. The first kappa shape index (κ1) is 17.5. The monoisotopic (exact) mass is 420 g/mol. The number of aryl methyl sites for hydroxylation is 2. The second-order valence-electron chi connectivity index (χ2n) is 4.66. The van der Waals surface area contributed by atoms with Crippen LogP contribution in [0.15, 0.2) is 28.9 Å². The van der Waals surface area contributed by atoms with Gasteiger partial charge >= 0.3 is 0 Å². The van der Waals surface area contributed by atoms with Crippen molar-refractivity contribution >= 4 is 62.1 Å². The molecule has 0 fully saturated rings. The fraction of sp³-hybridized carbons (Fsp3) is 0.286. The summed E-state index contributed by atoms with van der Waals surface area (Å²) in [6.07, 6.45) is 2.87. The molecule has 2 aromatic rings. The minimum absolute atomic E-state index is 0.463. The number of nitrogens with one attached hydrogen (secondary N) is 2. The van der Waals surface area contributed by atoms with E-state index in [1.807, 2.05) is 29.9 Å². The summed E-state index contributed by atoms with van der Waals surface area (Å²) in [7, 11) is 0. The normalized spacial score (nSPS) is 10.5. The molecule has 0 bridgehead atoms. The number of nitrogens with zero attached hydrogens (tertiary/aromatic N) is 2. The summed E-state index contributed by atoms with van der Waals surface area (Å²) < 4.78 is 2.93. The van der Waals surface area contributed by atoms with E-state index in [2.05, 4.69) is 31.7 Å². The molecule has 0 unspecified atom stereocenters. The second-order valence-corrected chi connectivity index (χ2v) is 6.71. The highest BCUT2D eigenvalue weighted by atomic mass is 79.9. The zero-order valence-corrected chi connectivity index (χ0v) is 15.8. The van der Waals surface area contributed by atoms with Gasteiger partial charge in [0, 0.05) is 19.3 Å². The van der Waals surface area contributed by atoms with Crippen molar-refractivity contribution in [3.05, 3.63) is 44.6 Å². The second kappa shape index (κ2) is 8.15. The predicted octanol–water partition coefficient (Wildman–Crippen LogP) is 4.64. The number of halogens is 3. The Morgan fingerprint density at radius 1 is 1.41 bits per heavy atom. The van der Waals surface area contributed by atoms with Crippen molar-refractivity contribution in [1.82, 2.24) is 15.1 Å². The Morgan fingerprint density at radius 3 is 2.86 bits per heavy atom. The first-order chi connectivity index (χ1) is 10.5. The van der Waals surface area contributed by atoms with Crippen LogP contribution in [0.25, 0.3) is 0 Å². The lowest BCUT2D eigenvalue weighted by Crippen LogP contribution is -2.29. The SMILES string of the molecule is Cc1nn(CCCNC(=S)Nc2cccc(Cl)c2Cl)cc1Br. The van der Waals surface area contributed by atoms with Crippen molar-refractivity contribution in [3.63, 3.8) is 0 Å². The molecular weight excluding hydrogens is 407 g/mol. The molecule has 1 aromatic carbocycles. The van der Waals surface area contributed by atoms with Gasteiger partial charge in [0.25, 0.3) is 0 Å². The van der Waals surface area contributed by atoms with E-state index in [4.69, 9.17) is 35.4 Å². The molecule has 0 aliphatic heterocycles. The highest BCUT2D eigenvalue weighted by molar-refractivity contribution is 9.10. The van der Waals surface area contributed by atoms with E-state index in [9.17, 15) is 0 Å². The number of aromatic nitrogens is 2. The molecule has 0 saturated carbocycles. The van der Waals surface area contributed by atoms with Crippen LogP contribution in [0.3, 0.4) is 0 Å². The van der Waals surface area contributed by atoms with Gasteiger partial charge in [0.15, 0.2) is 5.11 Å². The third kappa shape index (κ3) is 4.84. The molecule has 8 heteroatoms. The summed E-state index contributed by atoms with van der Waals surface area (Å²) in [5.41, 5.74) is 1.68. The van der Waals surface area contributed by atoms with E-state index < -0.39 is 0 Å². The van der Waals surface area contributed by atoms with Crippen molar-refractivity contribution < 1.29 is 0 Å². The van der Waals surface area contributed by atoms with Gasteiger partial charge in [0.2, 0.25) is 0 Å². The number of benzene rings is 1. The average molecular weight is 422 g/mol. The molecule has 4 nitrogen and oxygen atoms in total. The van der Waals surface area contributed by atoms with E-state index in [1.54, 1.807) is 6.07 Å². The highest BCUT2D eigenvalue weighted by Gasteiger charge is 2.06. The molecule has 0 spiro atoms. The number of hydrogen-bond acceptors (Lipinski definition) is 2. The first-order valence-corrected chi connectivity index (χ1v) is 8.61. The van der Waals surface area contributed by atoms with E-state index in [0.29, 0.717) is 20.8 Å². The van der Waals surface area contributed by atoms with E-state index >= 15 is 0 Å². The lowest BCUT2D eigenvalue weighted by Gasteiger charge is -2.12. The summed E-state index contributed by atoms with van der Waals surface area (Å²) in [5, 5.41) is 12.0. The van der Waals surface area contributed by atoms with Crippen LogP contribution in [0, 0.1) is 6.92 Å². The topological polar surface area (TPSA) is 41.9 Å². The summed E-state index contributed by atoms with van der Waals surface area (Å²) in [6, 6.07) is 5.37. The van der Waals surface area contributed by atoms with Crippen LogP contribution < -0.4 is 10.6 Å². The maximum Gasteiger partial charge on any atom is 0.170 e. The van der Waals surface area contributed by atoms with Gasteiger partial charge in [-0.05, 0) is 53.6 Å². The standard InChI is InChI=1S/C14H15BrCl2N4S/c1-9-10(15)8-21(20-9)7-3-6-18-14(22)19-12-5-2-4-11(16)13(12)17/h2,4-5,8H,3,6-7H2,1H3,(H2,18,19,22). The van der Waals surface area contributed by atoms with Crippen molar-refractivity contribution in [2.75, 3.05) is 11.9 Å². The highest BCUT2D eigenvalue weighted by Crippen LogP contribution is 2.29. The molecule has 0 aliphatic carbocycles. The maximum atomic E-state index is 6.10. The Kier molecular flexibility index (Phi) is 6.50. The quantitative estimate of drug-likeness (QED) is 0.545. The van der Waals surface area contributed by atoms with Gasteiger partial charge in [-0.2, -0.15) is 5.10 Å². The molecule has 118 valence electrons. The minimum atomic E-state index is 0.463. The van der Waals surface area contributed by atoms with Crippen molar-refractivity contribution in [3.8, 4) is 0 Å². The zero-order chi connectivity index (χ0) is 16.1. The molecule has 2 rings (SSSR count). The Labute approximate surface area is 153 Å². The van der Waals surface area contributed by atoms with Crippen LogP contribution >= 0.6 is 51.3 Å². The molecule has 1 aromatic heterocycles. The van der Waals surface area contributed by atoms with Crippen LogP contribution in [0.5, 0.6) is 0 Å². The fourth-order valence-corrected chi connectivity index (χ4v) is 2.69. The van der Waals surface area contributed by atoms with Crippen molar-refractivity contribution in [2.45, 2.75) is 19.9 Å². The van der Waals surface area contributed by atoms with Crippen LogP contribution in [0.1, 0.15) is 12.1 Å². The Morgan fingerprint density at radius 2 is 2.18 bits per heavy atom. The summed E-state index contributed by atoms with van der Waals surface area (Å²) in [5.74, 6) is 0. The van der Waals surface area contributed by atoms with Gasteiger partial charge in [-0.3, -0.25) is 4.68 Å². The van der Waals surface area contributed by atoms with E-state index in [-0.39, 0.29) is 0 Å². The summed E-state index contributed by atoms with van der Waals surface area (Å²) in [6.45, 7) is 3.52. The minimum Gasteiger partial charge on any atom is -0.362 e. The fourth-order valence-electron chi connectivity index (χ4n) is 1.82. The maximum absolute atomic E-state index is 6.10. The number of hydrogen-bond donors (Lipinski definition) is 2. The van der Waals surface area contributed by atoms with Gasteiger partial charge in [-0.15, -0.1) is 0 Å². The van der Waals surface area contributed by atoms with Gasteiger partial charge in [0.05, 0.1) is 25.9 Å². The lowest BCUT2D eigenvalue weighted by atomic mass is 10.3. The van der Waals surface area contributed by atoms with Gasteiger partial charge < -0.3 is 10.6 Å². The van der Waals surface area contributed by atoms with Crippen LogP contribution in [0.2, 0.25) is 10.0 Å². The molecule has 2 N–H and O–H groups in total. The molecule has 0 atom stereocenters. The lowest BCUT2D eigenvalue weighted by molar-refractivity contribution is 0.570. The number of thiocarbonyl (C=S) groups is 1. The Balaban J connectivity index is 1.75. The van der Waals surface area contributed by atoms with Crippen molar-refractivity contribution in [1.29, 1.82) is 0 Å². The first-order valence-electron chi connectivity index (χ1n) is 6.66. The zero-order valence-electron chi connectivity index (χ0n) is 11.9. The molecule has 0 aliphatic rings. The molecule has 22 heavy (non-hydrogen) atoms. The van der Waals surface area contributed by atoms with E-state index in [0.717, 1.165) is 29.7 Å². The number of rotatable bonds is 5. The van der Waals surface area contributed by atoms with Crippen molar-refractivity contribution in [2.24, 2.45) is 0 Å². The smallest absolute Gasteiger partial charge is 0.170 e. The number of anilines is 1. The van der Waals surface area contributed by atoms with Crippen LogP contribution in [0.4, 0.5) is 5.69 Å². The molecular formula is C14H15BrCl2N4S. The van der Waals surface area contributed by atoms with Gasteiger partial charge in [-0.1, -0.05) is 29.3 Å².